The van der Waals surface area contributed by atoms with Crippen molar-refractivity contribution in [3.05, 3.63) is 30.1 Å². The second-order valence-corrected chi connectivity index (χ2v) is 2.37. The second kappa shape index (κ2) is 3.90. The molecule has 0 unspecified atom stereocenters. The van der Waals surface area contributed by atoms with Crippen molar-refractivity contribution in [3.63, 3.8) is 0 Å². The molecule has 2 nitrogen and oxygen atoms in total. The molecule has 0 saturated heterocycles. The normalized spacial score (nSPS) is 9.25. The largest absolute Gasteiger partial charge is 0.346 e. The Morgan fingerprint density at radius 3 is 2.67 bits per heavy atom. The summed E-state index contributed by atoms with van der Waals surface area (Å²) in [5, 5.41) is 1.17. The van der Waals surface area contributed by atoms with Crippen LogP contribution in [0.5, 0.6) is 0 Å². The number of hydrogen-bond donors (Lipinski definition) is 1. The molecule has 12 heavy (non-hydrogen) atoms. The summed E-state index contributed by atoms with van der Waals surface area (Å²) in [5.41, 5.74) is 2.02. The van der Waals surface area contributed by atoms with E-state index in [2.05, 4.69) is 16.0 Å². The van der Waals surface area contributed by atoms with Crippen molar-refractivity contribution in [2.75, 3.05) is 0 Å². The molecule has 2 aromatic heterocycles. The quantitative estimate of drug-likeness (QED) is 0.634. The van der Waals surface area contributed by atoms with E-state index < -0.39 is 0 Å². The molecule has 0 spiro atoms. The summed E-state index contributed by atoms with van der Waals surface area (Å²) in [7, 11) is 0. The van der Waals surface area contributed by atoms with E-state index in [0.29, 0.717) is 0 Å². The molecule has 0 bridgehead atoms. The van der Waals surface area contributed by atoms with Crippen LogP contribution in [-0.4, -0.2) is 9.97 Å². The Kier molecular flexibility index (Phi) is 2.86. The average molecular weight is 162 g/mol. The molecule has 64 valence electrons. The number of aryl methyl sites for hydroxylation is 1. The number of fused-ring (bicyclic) bond motifs is 1. The molecule has 0 aliphatic heterocycles. The smallest absolute Gasteiger partial charge is 0.137 e. The maximum absolute atomic E-state index is 4.28. The second-order valence-electron chi connectivity index (χ2n) is 2.37. The Morgan fingerprint density at radius 1 is 1.17 bits per heavy atom. The predicted octanol–water partition coefficient (Wildman–Crippen LogP) is 2.90. The zero-order valence-electron chi connectivity index (χ0n) is 7.76. The van der Waals surface area contributed by atoms with Gasteiger partial charge < -0.3 is 4.98 Å². The van der Waals surface area contributed by atoms with Crippen LogP contribution >= 0.6 is 0 Å². The van der Waals surface area contributed by atoms with Crippen molar-refractivity contribution in [1.82, 2.24) is 9.97 Å². The first-order valence-corrected chi connectivity index (χ1v) is 4.27. The highest BCUT2D eigenvalue weighted by atomic mass is 14.8. The van der Waals surface area contributed by atoms with Crippen LogP contribution in [0.2, 0.25) is 0 Å². The number of aromatic amines is 1. The zero-order chi connectivity index (χ0) is 8.97. The van der Waals surface area contributed by atoms with Crippen LogP contribution in [0.25, 0.3) is 11.0 Å². The molecule has 0 radical (unpaired) electrons. The van der Waals surface area contributed by atoms with Crippen LogP contribution in [-0.2, 0) is 0 Å². The van der Waals surface area contributed by atoms with Gasteiger partial charge in [-0.25, -0.2) is 4.98 Å². The van der Waals surface area contributed by atoms with Crippen LogP contribution in [0.4, 0.5) is 0 Å². The summed E-state index contributed by atoms with van der Waals surface area (Å²) in [6.07, 6.45) is 1.90. The van der Waals surface area contributed by atoms with E-state index >= 15 is 0 Å². The number of H-pyrrole nitrogens is 1. The van der Waals surface area contributed by atoms with Crippen LogP contribution in [0.3, 0.4) is 0 Å². The van der Waals surface area contributed by atoms with Gasteiger partial charge in [-0.3, -0.25) is 0 Å². The minimum atomic E-state index is 0.972. The lowest BCUT2D eigenvalue weighted by atomic mass is 10.3. The van der Waals surface area contributed by atoms with Gasteiger partial charge in [-0.1, -0.05) is 13.8 Å². The molecular weight excluding hydrogens is 148 g/mol. The predicted molar refractivity (Wildman–Crippen MR) is 52.2 cm³/mol. The van der Waals surface area contributed by atoms with Gasteiger partial charge in [0, 0.05) is 17.3 Å². The van der Waals surface area contributed by atoms with Gasteiger partial charge in [-0.05, 0) is 25.1 Å². The first-order chi connectivity index (χ1) is 5.86. The zero-order valence-corrected chi connectivity index (χ0v) is 7.76. The number of pyridine rings is 1. The summed E-state index contributed by atoms with van der Waals surface area (Å²) in [5.74, 6) is 0. The standard InChI is InChI=1S/C8H8N2.C2H6/c1-6-2-3-7-4-5-9-8(7)10-6;1-2/h2-5H,1H3,(H,9,10);1-2H3. The highest BCUT2D eigenvalue weighted by Gasteiger charge is 1.92. The third kappa shape index (κ3) is 1.64. The van der Waals surface area contributed by atoms with Crippen molar-refractivity contribution in [2.45, 2.75) is 20.8 Å². The molecular formula is C10H14N2. The van der Waals surface area contributed by atoms with E-state index in [1.165, 1.54) is 5.39 Å². The van der Waals surface area contributed by atoms with Crippen molar-refractivity contribution < 1.29 is 0 Å². The molecule has 0 aromatic carbocycles. The molecule has 2 rings (SSSR count). The fourth-order valence-corrected chi connectivity index (χ4v) is 1.03. The van der Waals surface area contributed by atoms with Gasteiger partial charge in [-0.2, -0.15) is 0 Å². The van der Waals surface area contributed by atoms with Crippen molar-refractivity contribution in [3.8, 4) is 0 Å². The number of nitrogens with one attached hydrogen (secondary N) is 1. The van der Waals surface area contributed by atoms with Gasteiger partial charge in [0.15, 0.2) is 0 Å². The minimum Gasteiger partial charge on any atom is -0.346 e. The highest BCUT2D eigenvalue weighted by Crippen LogP contribution is 2.08. The molecule has 0 atom stereocenters. The number of aromatic nitrogens is 2. The summed E-state index contributed by atoms with van der Waals surface area (Å²) in [6.45, 7) is 5.99. The summed E-state index contributed by atoms with van der Waals surface area (Å²) >= 11 is 0. The summed E-state index contributed by atoms with van der Waals surface area (Å²) in [4.78, 5) is 7.33. The van der Waals surface area contributed by atoms with E-state index in [0.717, 1.165) is 11.3 Å². The third-order valence-electron chi connectivity index (χ3n) is 1.55. The van der Waals surface area contributed by atoms with E-state index in [9.17, 15) is 0 Å². The summed E-state index contributed by atoms with van der Waals surface area (Å²) in [6, 6.07) is 6.09. The Bertz CT molecular complexity index is 349. The number of rotatable bonds is 0. The van der Waals surface area contributed by atoms with E-state index in [1.54, 1.807) is 0 Å². The fraction of sp³-hybridized carbons (Fsp3) is 0.300. The van der Waals surface area contributed by atoms with Gasteiger partial charge in [0.25, 0.3) is 0 Å². The van der Waals surface area contributed by atoms with Crippen LogP contribution in [0.15, 0.2) is 24.4 Å². The molecule has 1 N–H and O–H groups in total. The fourth-order valence-electron chi connectivity index (χ4n) is 1.03. The summed E-state index contributed by atoms with van der Waals surface area (Å²) < 4.78 is 0. The van der Waals surface area contributed by atoms with Gasteiger partial charge in [-0.15, -0.1) is 0 Å². The topological polar surface area (TPSA) is 28.7 Å². The molecule has 2 aromatic rings. The van der Waals surface area contributed by atoms with Crippen molar-refractivity contribution in [2.24, 2.45) is 0 Å². The SMILES string of the molecule is CC.Cc1ccc2cc[nH]c2n1. The molecule has 0 aliphatic rings. The molecule has 0 amide bonds. The lowest BCUT2D eigenvalue weighted by Crippen LogP contribution is -1.79. The molecule has 0 saturated carbocycles. The Labute approximate surface area is 72.6 Å². The third-order valence-corrected chi connectivity index (χ3v) is 1.55. The van der Waals surface area contributed by atoms with Gasteiger partial charge in [0.1, 0.15) is 5.65 Å². The van der Waals surface area contributed by atoms with Gasteiger partial charge >= 0.3 is 0 Å². The molecule has 2 heteroatoms. The lowest BCUT2D eigenvalue weighted by Gasteiger charge is -1.89. The van der Waals surface area contributed by atoms with Gasteiger partial charge in [0.2, 0.25) is 0 Å². The average Bonchev–Trinajstić information content (AvgIpc) is 2.54. The highest BCUT2D eigenvalue weighted by molar-refractivity contribution is 5.75. The van der Waals surface area contributed by atoms with E-state index in [4.69, 9.17) is 0 Å². The van der Waals surface area contributed by atoms with E-state index in [-0.39, 0.29) is 0 Å². The van der Waals surface area contributed by atoms with Crippen LogP contribution in [0.1, 0.15) is 19.5 Å². The Balaban J connectivity index is 0.000000336. The molecule has 0 fully saturated rings. The Morgan fingerprint density at radius 2 is 1.92 bits per heavy atom. The van der Waals surface area contributed by atoms with Crippen molar-refractivity contribution in [1.29, 1.82) is 0 Å². The first kappa shape index (κ1) is 8.78. The number of nitrogens with zero attached hydrogens (tertiary/aromatic N) is 1. The first-order valence-electron chi connectivity index (χ1n) is 4.27. The monoisotopic (exact) mass is 162 g/mol. The van der Waals surface area contributed by atoms with Gasteiger partial charge in [0.05, 0.1) is 0 Å². The minimum absolute atomic E-state index is 0.972. The van der Waals surface area contributed by atoms with Crippen LogP contribution < -0.4 is 0 Å². The molecule has 0 aliphatic carbocycles. The lowest BCUT2D eigenvalue weighted by molar-refractivity contribution is 1.22. The van der Waals surface area contributed by atoms with Crippen LogP contribution in [0, 0.1) is 6.92 Å². The maximum atomic E-state index is 4.28. The number of hydrogen-bond acceptors (Lipinski definition) is 1. The molecule has 2 heterocycles. The maximum Gasteiger partial charge on any atom is 0.137 e. The van der Waals surface area contributed by atoms with Crippen molar-refractivity contribution >= 4 is 11.0 Å². The van der Waals surface area contributed by atoms with E-state index in [1.807, 2.05) is 39.1 Å². The Hall–Kier alpha value is -1.31.